The molecule has 0 N–H and O–H groups in total. The van der Waals surface area contributed by atoms with Crippen molar-refractivity contribution in [2.24, 2.45) is 5.92 Å². The van der Waals surface area contributed by atoms with E-state index >= 15 is 0 Å². The van der Waals surface area contributed by atoms with E-state index in [1.54, 1.807) is 7.11 Å². The smallest absolute Gasteiger partial charge is 0.119 e. The van der Waals surface area contributed by atoms with E-state index in [2.05, 4.69) is 20.4 Å². The molecule has 0 aliphatic heterocycles. The fourth-order valence-electron chi connectivity index (χ4n) is 2.00. The Morgan fingerprint density at radius 1 is 1.32 bits per heavy atom. The predicted molar refractivity (Wildman–Crippen MR) is 81.3 cm³/mol. The van der Waals surface area contributed by atoms with Gasteiger partial charge in [-0.2, -0.15) is 0 Å². The van der Waals surface area contributed by atoms with Crippen LogP contribution in [0.2, 0.25) is 0 Å². The van der Waals surface area contributed by atoms with Crippen molar-refractivity contribution in [3.8, 4) is 5.75 Å². The molecule has 19 heavy (non-hydrogen) atoms. The maximum absolute atomic E-state index is 5.83. The van der Waals surface area contributed by atoms with Crippen LogP contribution in [-0.2, 0) is 4.74 Å². The minimum Gasteiger partial charge on any atom is -0.497 e. The van der Waals surface area contributed by atoms with Crippen LogP contribution < -0.4 is 4.74 Å². The lowest BCUT2D eigenvalue weighted by molar-refractivity contribution is 0.204. The summed E-state index contributed by atoms with van der Waals surface area (Å²) in [4.78, 5) is 0. The summed E-state index contributed by atoms with van der Waals surface area (Å²) in [5.41, 5.74) is 0.990. The molecule has 0 saturated carbocycles. The molecule has 1 aromatic carbocycles. The van der Waals surface area contributed by atoms with Gasteiger partial charge >= 0.3 is 0 Å². The molecule has 0 aliphatic rings. The van der Waals surface area contributed by atoms with Gasteiger partial charge in [0.1, 0.15) is 11.5 Å². The van der Waals surface area contributed by atoms with Gasteiger partial charge in [0.25, 0.3) is 0 Å². The van der Waals surface area contributed by atoms with Crippen molar-refractivity contribution >= 4 is 5.76 Å². The zero-order valence-electron chi connectivity index (χ0n) is 12.4. The van der Waals surface area contributed by atoms with E-state index in [9.17, 15) is 0 Å². The lowest BCUT2D eigenvalue weighted by Gasteiger charge is -2.17. The maximum atomic E-state index is 5.83. The highest BCUT2D eigenvalue weighted by Crippen LogP contribution is 2.22. The van der Waals surface area contributed by atoms with E-state index in [1.165, 1.54) is 19.3 Å². The summed E-state index contributed by atoms with van der Waals surface area (Å²) >= 11 is 0. The van der Waals surface area contributed by atoms with Gasteiger partial charge in [0.15, 0.2) is 0 Å². The molecule has 0 spiro atoms. The van der Waals surface area contributed by atoms with Gasteiger partial charge in [0.05, 0.1) is 13.7 Å². The van der Waals surface area contributed by atoms with Crippen molar-refractivity contribution < 1.29 is 9.47 Å². The summed E-state index contributed by atoms with van der Waals surface area (Å²) in [6, 6.07) is 7.83. The molecule has 0 aromatic heterocycles. The van der Waals surface area contributed by atoms with Crippen LogP contribution in [0.25, 0.3) is 5.76 Å². The average molecular weight is 262 g/mol. The molecule has 0 heterocycles. The molecule has 0 fully saturated rings. The van der Waals surface area contributed by atoms with Crippen LogP contribution in [0.5, 0.6) is 5.75 Å². The third-order valence-electron chi connectivity index (χ3n) is 3.43. The van der Waals surface area contributed by atoms with Crippen molar-refractivity contribution in [3.63, 3.8) is 0 Å². The number of hydrogen-bond acceptors (Lipinski definition) is 2. The summed E-state index contributed by atoms with van der Waals surface area (Å²) in [5, 5.41) is 0. The standard InChI is InChI=1S/C17H26O2/c1-5-7-9-15(6-2)13-19-14(3)16-10-8-11-17(12-16)18-4/h8,10-12,15H,3,5-7,9,13H2,1-2,4H3. The number of benzene rings is 1. The number of ether oxygens (including phenoxy) is 2. The first kappa shape index (κ1) is 15.6. The summed E-state index contributed by atoms with van der Waals surface area (Å²) in [6.07, 6.45) is 4.91. The Morgan fingerprint density at radius 2 is 2.11 bits per heavy atom. The summed E-state index contributed by atoms with van der Waals surface area (Å²) in [5.74, 6) is 2.19. The number of hydrogen-bond donors (Lipinski definition) is 0. The first-order valence-corrected chi connectivity index (χ1v) is 7.17. The Morgan fingerprint density at radius 3 is 2.74 bits per heavy atom. The van der Waals surface area contributed by atoms with Crippen LogP contribution in [0.1, 0.15) is 45.1 Å². The van der Waals surface area contributed by atoms with Crippen molar-refractivity contribution in [2.75, 3.05) is 13.7 Å². The molecule has 0 amide bonds. The van der Waals surface area contributed by atoms with Crippen LogP contribution in [0.3, 0.4) is 0 Å². The molecule has 1 aromatic rings. The quantitative estimate of drug-likeness (QED) is 0.589. The molecule has 2 heteroatoms. The Labute approximate surface area is 117 Å². The summed E-state index contributed by atoms with van der Waals surface area (Å²) in [7, 11) is 1.67. The van der Waals surface area contributed by atoms with E-state index in [4.69, 9.17) is 9.47 Å². The first-order chi connectivity index (χ1) is 9.21. The first-order valence-electron chi connectivity index (χ1n) is 7.17. The van der Waals surface area contributed by atoms with Crippen LogP contribution in [-0.4, -0.2) is 13.7 Å². The fourth-order valence-corrected chi connectivity index (χ4v) is 2.00. The summed E-state index contributed by atoms with van der Waals surface area (Å²) < 4.78 is 11.0. The highest BCUT2D eigenvalue weighted by Gasteiger charge is 2.08. The predicted octanol–water partition coefficient (Wildman–Crippen LogP) is 4.90. The summed E-state index contributed by atoms with van der Waals surface area (Å²) in [6.45, 7) is 9.21. The minimum absolute atomic E-state index is 0.627. The van der Waals surface area contributed by atoms with E-state index in [-0.39, 0.29) is 0 Å². The van der Waals surface area contributed by atoms with Gasteiger partial charge in [-0.1, -0.05) is 51.8 Å². The number of unbranched alkanes of at least 4 members (excludes halogenated alkanes) is 1. The molecule has 0 bridgehead atoms. The molecule has 106 valence electrons. The van der Waals surface area contributed by atoms with Gasteiger partial charge in [-0.05, 0) is 24.5 Å². The zero-order valence-corrected chi connectivity index (χ0v) is 12.4. The lowest BCUT2D eigenvalue weighted by atomic mass is 10.0. The number of methoxy groups -OCH3 is 1. The third-order valence-corrected chi connectivity index (χ3v) is 3.43. The molecule has 1 rings (SSSR count). The van der Waals surface area contributed by atoms with Gasteiger partial charge in [0, 0.05) is 5.56 Å². The van der Waals surface area contributed by atoms with Crippen molar-refractivity contribution in [3.05, 3.63) is 36.4 Å². The molecule has 1 unspecified atom stereocenters. The van der Waals surface area contributed by atoms with Crippen LogP contribution >= 0.6 is 0 Å². The van der Waals surface area contributed by atoms with Gasteiger partial charge in [-0.15, -0.1) is 0 Å². The minimum atomic E-state index is 0.627. The highest BCUT2D eigenvalue weighted by molar-refractivity contribution is 5.59. The molecule has 0 saturated heterocycles. The van der Waals surface area contributed by atoms with Gasteiger partial charge in [0.2, 0.25) is 0 Å². The molecule has 1 atom stereocenters. The normalized spacial score (nSPS) is 11.9. The van der Waals surface area contributed by atoms with E-state index < -0.39 is 0 Å². The Hall–Kier alpha value is -1.44. The van der Waals surface area contributed by atoms with Gasteiger partial charge in [-0.25, -0.2) is 0 Å². The second-order valence-electron chi connectivity index (χ2n) is 4.88. The second kappa shape index (κ2) is 8.63. The van der Waals surface area contributed by atoms with Crippen molar-refractivity contribution in [2.45, 2.75) is 39.5 Å². The topological polar surface area (TPSA) is 18.5 Å². The van der Waals surface area contributed by atoms with E-state index in [1.807, 2.05) is 24.3 Å². The van der Waals surface area contributed by atoms with Crippen LogP contribution in [0.15, 0.2) is 30.8 Å². The second-order valence-corrected chi connectivity index (χ2v) is 4.88. The highest BCUT2D eigenvalue weighted by atomic mass is 16.5. The lowest BCUT2D eigenvalue weighted by Crippen LogP contribution is -2.08. The molecule has 2 nitrogen and oxygen atoms in total. The van der Waals surface area contributed by atoms with E-state index in [0.717, 1.165) is 30.1 Å². The van der Waals surface area contributed by atoms with E-state index in [0.29, 0.717) is 5.92 Å². The number of rotatable bonds is 9. The Balaban J connectivity index is 2.49. The zero-order chi connectivity index (χ0) is 14.1. The van der Waals surface area contributed by atoms with Crippen molar-refractivity contribution in [1.82, 2.24) is 0 Å². The van der Waals surface area contributed by atoms with Crippen molar-refractivity contribution in [1.29, 1.82) is 0 Å². The fraction of sp³-hybridized carbons (Fsp3) is 0.529. The molecular formula is C17H26O2. The molecule has 0 radical (unpaired) electrons. The SMILES string of the molecule is C=C(OCC(CC)CCCC)c1cccc(OC)c1. The third kappa shape index (κ3) is 5.37. The van der Waals surface area contributed by atoms with Crippen LogP contribution in [0, 0.1) is 5.92 Å². The Bertz CT molecular complexity index is 385. The Kier molecular flexibility index (Phi) is 7.09. The van der Waals surface area contributed by atoms with Crippen LogP contribution in [0.4, 0.5) is 0 Å². The average Bonchev–Trinajstić information content (AvgIpc) is 2.47. The monoisotopic (exact) mass is 262 g/mol. The maximum Gasteiger partial charge on any atom is 0.119 e. The molecular weight excluding hydrogens is 236 g/mol. The largest absolute Gasteiger partial charge is 0.497 e. The van der Waals surface area contributed by atoms with Gasteiger partial charge < -0.3 is 9.47 Å². The molecule has 0 aliphatic carbocycles. The van der Waals surface area contributed by atoms with Gasteiger partial charge in [-0.3, -0.25) is 0 Å².